The van der Waals surface area contributed by atoms with Crippen LogP contribution < -0.4 is 5.73 Å². The molecule has 0 unspecified atom stereocenters. The summed E-state index contributed by atoms with van der Waals surface area (Å²) in [6, 6.07) is 18.0. The molecule has 4 nitrogen and oxygen atoms in total. The van der Waals surface area contributed by atoms with Crippen LogP contribution >= 0.6 is 23.4 Å². The largest absolute Gasteiger partial charge is 0.330 e. The fourth-order valence-electron chi connectivity index (χ4n) is 2.29. The molecular formula is C17H17ClN4S. The molecule has 0 saturated heterocycles. The second-order valence-electron chi connectivity index (χ2n) is 5.01. The fourth-order valence-corrected chi connectivity index (χ4v) is 3.15. The van der Waals surface area contributed by atoms with E-state index < -0.39 is 0 Å². The maximum absolute atomic E-state index is 6.00. The van der Waals surface area contributed by atoms with Crippen molar-refractivity contribution in [2.45, 2.75) is 11.6 Å². The summed E-state index contributed by atoms with van der Waals surface area (Å²) in [5, 5.41) is 10.3. The lowest BCUT2D eigenvalue weighted by molar-refractivity contribution is 0.847. The minimum Gasteiger partial charge on any atom is -0.330 e. The fraction of sp³-hybridized carbons (Fsp3) is 0.176. The van der Waals surface area contributed by atoms with Crippen LogP contribution in [-0.4, -0.2) is 27.1 Å². The Bertz CT molecular complexity index is 756. The predicted octanol–water partition coefficient (Wildman–Crippen LogP) is 3.56. The first kappa shape index (κ1) is 16.1. The number of thioether (sulfide) groups is 1. The molecule has 1 aromatic heterocycles. The van der Waals surface area contributed by atoms with Crippen molar-refractivity contribution in [1.29, 1.82) is 0 Å². The molecule has 0 radical (unpaired) electrons. The van der Waals surface area contributed by atoms with Crippen molar-refractivity contribution in [2.75, 3.05) is 12.3 Å². The van der Waals surface area contributed by atoms with E-state index in [1.807, 2.05) is 42.5 Å². The van der Waals surface area contributed by atoms with E-state index in [9.17, 15) is 0 Å². The summed E-state index contributed by atoms with van der Waals surface area (Å²) in [4.78, 5) is 0. The molecule has 0 amide bonds. The third-order valence-electron chi connectivity index (χ3n) is 3.34. The number of halogens is 1. The van der Waals surface area contributed by atoms with Crippen LogP contribution in [0.3, 0.4) is 0 Å². The first-order chi connectivity index (χ1) is 11.3. The Morgan fingerprint density at radius 2 is 1.74 bits per heavy atom. The average molecular weight is 345 g/mol. The molecule has 0 atom stereocenters. The van der Waals surface area contributed by atoms with Gasteiger partial charge in [-0.1, -0.05) is 53.7 Å². The molecule has 0 spiro atoms. The number of nitrogens with two attached hydrogens (primary N) is 1. The maximum atomic E-state index is 6.00. The highest BCUT2D eigenvalue weighted by Gasteiger charge is 2.14. The van der Waals surface area contributed by atoms with Crippen LogP contribution in [0.2, 0.25) is 5.02 Å². The highest BCUT2D eigenvalue weighted by atomic mass is 35.5. The van der Waals surface area contributed by atoms with Gasteiger partial charge in [-0.3, -0.25) is 4.57 Å². The van der Waals surface area contributed by atoms with E-state index in [-0.39, 0.29) is 0 Å². The number of rotatable bonds is 6. The zero-order valence-electron chi connectivity index (χ0n) is 12.5. The van der Waals surface area contributed by atoms with E-state index >= 15 is 0 Å². The van der Waals surface area contributed by atoms with E-state index in [4.69, 9.17) is 17.3 Å². The van der Waals surface area contributed by atoms with Crippen LogP contribution in [0.5, 0.6) is 0 Å². The van der Waals surface area contributed by atoms with Gasteiger partial charge in [0, 0.05) is 29.4 Å². The molecule has 2 N–H and O–H groups in total. The monoisotopic (exact) mass is 344 g/mol. The molecule has 6 heteroatoms. The van der Waals surface area contributed by atoms with Crippen molar-refractivity contribution >= 4 is 23.4 Å². The van der Waals surface area contributed by atoms with Gasteiger partial charge in [0.05, 0.1) is 0 Å². The summed E-state index contributed by atoms with van der Waals surface area (Å²) >= 11 is 7.61. The van der Waals surface area contributed by atoms with Gasteiger partial charge in [-0.15, -0.1) is 10.2 Å². The Kier molecular flexibility index (Phi) is 5.33. The maximum Gasteiger partial charge on any atom is 0.195 e. The Balaban J connectivity index is 1.98. The van der Waals surface area contributed by atoms with Gasteiger partial charge in [-0.25, -0.2) is 0 Å². The molecule has 0 bridgehead atoms. The molecule has 0 aliphatic rings. The molecule has 0 aliphatic carbocycles. The SMILES string of the molecule is NCCSc1nnc(Cc2ccccc2)n1-c1ccc(Cl)cc1. The van der Waals surface area contributed by atoms with Crippen LogP contribution in [0.25, 0.3) is 5.69 Å². The van der Waals surface area contributed by atoms with E-state index in [2.05, 4.69) is 26.9 Å². The molecule has 1 heterocycles. The van der Waals surface area contributed by atoms with E-state index in [1.165, 1.54) is 5.56 Å². The van der Waals surface area contributed by atoms with Gasteiger partial charge in [-0.2, -0.15) is 0 Å². The molecule has 3 aromatic rings. The zero-order chi connectivity index (χ0) is 16.1. The van der Waals surface area contributed by atoms with E-state index in [0.29, 0.717) is 11.6 Å². The topological polar surface area (TPSA) is 56.7 Å². The molecule has 3 rings (SSSR count). The van der Waals surface area contributed by atoms with Crippen LogP contribution in [0.1, 0.15) is 11.4 Å². The van der Waals surface area contributed by atoms with Crippen LogP contribution in [-0.2, 0) is 6.42 Å². The lowest BCUT2D eigenvalue weighted by Crippen LogP contribution is -2.06. The van der Waals surface area contributed by atoms with Gasteiger partial charge in [-0.05, 0) is 29.8 Å². The minimum absolute atomic E-state index is 0.603. The summed E-state index contributed by atoms with van der Waals surface area (Å²) in [6.07, 6.45) is 0.722. The third kappa shape index (κ3) is 3.93. The molecule has 118 valence electrons. The second kappa shape index (κ2) is 7.64. The highest BCUT2D eigenvalue weighted by molar-refractivity contribution is 7.99. The number of hydrogen-bond donors (Lipinski definition) is 1. The molecular weight excluding hydrogens is 328 g/mol. The Hall–Kier alpha value is -1.82. The van der Waals surface area contributed by atoms with Crippen molar-refractivity contribution in [3.05, 3.63) is 71.0 Å². The molecule has 0 saturated carbocycles. The summed E-state index contributed by atoms with van der Waals surface area (Å²) < 4.78 is 2.07. The number of benzene rings is 2. The van der Waals surface area contributed by atoms with Crippen molar-refractivity contribution in [3.8, 4) is 5.69 Å². The molecule has 0 fully saturated rings. The Morgan fingerprint density at radius 1 is 1.00 bits per heavy atom. The first-order valence-corrected chi connectivity index (χ1v) is 8.71. The average Bonchev–Trinajstić information content (AvgIpc) is 2.97. The van der Waals surface area contributed by atoms with Crippen LogP contribution in [0.15, 0.2) is 59.8 Å². The standard InChI is InChI=1S/C17H17ClN4S/c18-14-6-8-15(9-7-14)22-16(12-13-4-2-1-3-5-13)20-21-17(22)23-11-10-19/h1-9H,10-12,19H2. The first-order valence-electron chi connectivity index (χ1n) is 7.35. The molecule has 0 aliphatic heterocycles. The third-order valence-corrected chi connectivity index (χ3v) is 4.55. The molecule has 2 aromatic carbocycles. The summed E-state index contributed by atoms with van der Waals surface area (Å²) in [5.41, 5.74) is 7.82. The van der Waals surface area contributed by atoms with Gasteiger partial charge in [0.1, 0.15) is 5.82 Å². The lowest BCUT2D eigenvalue weighted by Gasteiger charge is -2.10. The van der Waals surface area contributed by atoms with Gasteiger partial charge in [0.2, 0.25) is 0 Å². The van der Waals surface area contributed by atoms with Crippen LogP contribution in [0.4, 0.5) is 0 Å². The van der Waals surface area contributed by atoms with Crippen molar-refractivity contribution in [3.63, 3.8) is 0 Å². The van der Waals surface area contributed by atoms with Crippen molar-refractivity contribution in [2.24, 2.45) is 5.73 Å². The summed E-state index contributed by atoms with van der Waals surface area (Å²) in [7, 11) is 0. The Labute approximate surface area is 144 Å². The van der Waals surface area contributed by atoms with Gasteiger partial charge < -0.3 is 5.73 Å². The minimum atomic E-state index is 0.603. The molecule has 23 heavy (non-hydrogen) atoms. The van der Waals surface area contributed by atoms with Gasteiger partial charge in [0.25, 0.3) is 0 Å². The van der Waals surface area contributed by atoms with E-state index in [0.717, 1.165) is 28.8 Å². The lowest BCUT2D eigenvalue weighted by atomic mass is 10.1. The number of nitrogens with zero attached hydrogens (tertiary/aromatic N) is 3. The summed E-state index contributed by atoms with van der Waals surface area (Å²) in [6.45, 7) is 0.603. The summed E-state index contributed by atoms with van der Waals surface area (Å²) in [5.74, 6) is 1.70. The highest BCUT2D eigenvalue weighted by Crippen LogP contribution is 2.24. The van der Waals surface area contributed by atoms with Crippen LogP contribution in [0, 0.1) is 0 Å². The Morgan fingerprint density at radius 3 is 2.43 bits per heavy atom. The van der Waals surface area contributed by atoms with Crippen molar-refractivity contribution in [1.82, 2.24) is 14.8 Å². The van der Waals surface area contributed by atoms with Gasteiger partial charge in [0.15, 0.2) is 5.16 Å². The quantitative estimate of drug-likeness (QED) is 0.695. The number of aromatic nitrogens is 3. The second-order valence-corrected chi connectivity index (χ2v) is 6.51. The van der Waals surface area contributed by atoms with E-state index in [1.54, 1.807) is 11.8 Å². The van der Waals surface area contributed by atoms with Gasteiger partial charge >= 0.3 is 0 Å². The number of hydrogen-bond acceptors (Lipinski definition) is 4. The zero-order valence-corrected chi connectivity index (χ0v) is 14.1. The predicted molar refractivity (Wildman–Crippen MR) is 95.4 cm³/mol. The smallest absolute Gasteiger partial charge is 0.195 e. The van der Waals surface area contributed by atoms with Crippen molar-refractivity contribution < 1.29 is 0 Å². The normalized spacial score (nSPS) is 10.9.